The second-order valence-electron chi connectivity index (χ2n) is 7.64. The Kier molecular flexibility index (Phi) is 7.12. The molecule has 9 heteroatoms. The van der Waals surface area contributed by atoms with E-state index in [-0.39, 0.29) is 24.0 Å². The van der Waals surface area contributed by atoms with E-state index in [1.54, 1.807) is 24.3 Å². The molecule has 0 unspecified atom stereocenters. The van der Waals surface area contributed by atoms with Crippen LogP contribution in [0.5, 0.6) is 0 Å². The minimum absolute atomic E-state index is 0.105. The van der Waals surface area contributed by atoms with Crippen LogP contribution in [0.2, 0.25) is 0 Å². The van der Waals surface area contributed by atoms with E-state index >= 15 is 0 Å². The van der Waals surface area contributed by atoms with Crippen LogP contribution in [0.1, 0.15) is 52.8 Å². The summed E-state index contributed by atoms with van der Waals surface area (Å²) in [5.74, 6) is -0.910. The van der Waals surface area contributed by atoms with Crippen LogP contribution < -0.4 is 10.9 Å². The summed E-state index contributed by atoms with van der Waals surface area (Å²) in [4.78, 5) is 42.2. The van der Waals surface area contributed by atoms with Crippen molar-refractivity contribution < 1.29 is 14.3 Å². The zero-order valence-electron chi connectivity index (χ0n) is 18.9. The van der Waals surface area contributed by atoms with Gasteiger partial charge in [0.2, 0.25) is 10.9 Å². The molecular weight excluding hydrogens is 452 g/mol. The molecule has 2 heterocycles. The van der Waals surface area contributed by atoms with Crippen molar-refractivity contribution in [3.05, 3.63) is 92.8 Å². The van der Waals surface area contributed by atoms with E-state index in [4.69, 9.17) is 4.74 Å². The molecular formula is C25H24N4O4S. The van der Waals surface area contributed by atoms with Gasteiger partial charge in [0.1, 0.15) is 11.6 Å². The third-order valence-corrected chi connectivity index (χ3v) is 6.36. The Hall–Kier alpha value is -3.85. The van der Waals surface area contributed by atoms with Crippen molar-refractivity contribution in [2.75, 3.05) is 5.32 Å². The van der Waals surface area contributed by atoms with Gasteiger partial charge in [-0.25, -0.2) is 9.78 Å². The summed E-state index contributed by atoms with van der Waals surface area (Å²) >= 11 is 1.33. The minimum atomic E-state index is -0.547. The summed E-state index contributed by atoms with van der Waals surface area (Å²) in [6.07, 6.45) is 1.38. The average Bonchev–Trinajstić information content (AvgIpc) is 3.28. The largest absolute Gasteiger partial charge is 0.456 e. The number of hydrogen-bond acceptors (Lipinski definition) is 7. The number of anilines is 1. The monoisotopic (exact) mass is 476 g/mol. The standard InChI is InChI=1S/C25H24N4O4S/c1-3-20(16-8-6-5-7-9-16)23(31)26-18-12-10-17(11-13-18)24(32)33-15-19-14-22(30)29-25(27-19)34-21(4-2)28-29/h5-14,20H,3-4,15H2,1-2H3,(H,26,31)/t20-/m0/s1. The summed E-state index contributed by atoms with van der Waals surface area (Å²) in [6.45, 7) is 3.79. The first kappa shape index (κ1) is 23.3. The third kappa shape index (κ3) is 5.20. The third-order valence-electron chi connectivity index (χ3n) is 5.31. The van der Waals surface area contributed by atoms with Gasteiger partial charge in [-0.1, -0.05) is 55.5 Å². The van der Waals surface area contributed by atoms with Gasteiger partial charge in [-0.05, 0) is 42.7 Å². The number of carbonyl (C=O) groups is 2. The lowest BCUT2D eigenvalue weighted by Crippen LogP contribution is -2.20. The molecule has 8 nitrogen and oxygen atoms in total. The maximum Gasteiger partial charge on any atom is 0.338 e. The van der Waals surface area contributed by atoms with Gasteiger partial charge in [0.25, 0.3) is 5.56 Å². The SMILES string of the molecule is CCc1nn2c(=O)cc(COC(=O)c3ccc(NC(=O)[C@@H](CC)c4ccccc4)cc3)nc2s1. The van der Waals surface area contributed by atoms with Gasteiger partial charge in [0, 0.05) is 11.8 Å². The molecule has 0 spiro atoms. The molecule has 4 aromatic rings. The van der Waals surface area contributed by atoms with Crippen molar-refractivity contribution in [1.29, 1.82) is 0 Å². The van der Waals surface area contributed by atoms with E-state index in [0.717, 1.165) is 10.6 Å². The maximum absolute atomic E-state index is 12.7. The fourth-order valence-corrected chi connectivity index (χ4v) is 4.37. The van der Waals surface area contributed by atoms with Gasteiger partial charge < -0.3 is 10.1 Å². The van der Waals surface area contributed by atoms with Crippen LogP contribution in [0, 0.1) is 0 Å². The molecule has 0 saturated carbocycles. The first-order valence-corrected chi connectivity index (χ1v) is 11.8. The molecule has 0 aliphatic carbocycles. The van der Waals surface area contributed by atoms with Gasteiger partial charge >= 0.3 is 5.97 Å². The molecule has 0 bridgehead atoms. The maximum atomic E-state index is 12.7. The lowest BCUT2D eigenvalue weighted by molar-refractivity contribution is -0.117. The van der Waals surface area contributed by atoms with E-state index in [9.17, 15) is 14.4 Å². The number of fused-ring (bicyclic) bond motifs is 1. The number of nitrogens with zero attached hydrogens (tertiary/aromatic N) is 3. The minimum Gasteiger partial charge on any atom is -0.456 e. The van der Waals surface area contributed by atoms with Crippen molar-refractivity contribution in [2.24, 2.45) is 0 Å². The smallest absolute Gasteiger partial charge is 0.338 e. The van der Waals surface area contributed by atoms with Crippen LogP contribution in [0.15, 0.2) is 65.5 Å². The lowest BCUT2D eigenvalue weighted by Gasteiger charge is -2.15. The van der Waals surface area contributed by atoms with Gasteiger partial charge in [0.15, 0.2) is 0 Å². The predicted octanol–water partition coefficient (Wildman–Crippen LogP) is 4.20. The molecule has 2 aromatic carbocycles. The first-order valence-electron chi connectivity index (χ1n) is 11.0. The highest BCUT2D eigenvalue weighted by Gasteiger charge is 2.19. The number of aryl methyl sites for hydroxylation is 1. The van der Waals surface area contributed by atoms with Crippen LogP contribution in [0.25, 0.3) is 4.96 Å². The normalized spacial score (nSPS) is 11.8. The molecule has 2 aromatic heterocycles. The molecule has 0 aliphatic heterocycles. The number of carbonyl (C=O) groups excluding carboxylic acids is 2. The van der Waals surface area contributed by atoms with E-state index in [1.165, 1.54) is 21.9 Å². The highest BCUT2D eigenvalue weighted by Crippen LogP contribution is 2.22. The number of nitrogens with one attached hydrogen (secondary N) is 1. The number of ether oxygens (including phenoxy) is 1. The predicted molar refractivity (Wildman–Crippen MR) is 130 cm³/mol. The van der Waals surface area contributed by atoms with E-state index in [0.29, 0.717) is 34.7 Å². The van der Waals surface area contributed by atoms with Crippen LogP contribution in [0.4, 0.5) is 5.69 Å². The number of aromatic nitrogens is 3. The average molecular weight is 477 g/mol. The van der Waals surface area contributed by atoms with Crippen molar-refractivity contribution >= 4 is 33.9 Å². The summed E-state index contributed by atoms with van der Waals surface area (Å²) in [5.41, 5.74) is 1.93. The van der Waals surface area contributed by atoms with Crippen LogP contribution in [-0.4, -0.2) is 26.5 Å². The number of amides is 1. The van der Waals surface area contributed by atoms with Crippen LogP contribution >= 0.6 is 11.3 Å². The number of esters is 1. The van der Waals surface area contributed by atoms with Crippen molar-refractivity contribution in [3.63, 3.8) is 0 Å². The zero-order valence-corrected chi connectivity index (χ0v) is 19.7. The quantitative estimate of drug-likeness (QED) is 0.382. The second kappa shape index (κ2) is 10.4. The Morgan fingerprint density at radius 1 is 1.09 bits per heavy atom. The summed E-state index contributed by atoms with van der Waals surface area (Å²) in [6, 6.07) is 17.4. The molecule has 1 atom stereocenters. The molecule has 1 N–H and O–H groups in total. The molecule has 0 fully saturated rings. The molecule has 0 radical (unpaired) electrons. The molecule has 34 heavy (non-hydrogen) atoms. The molecule has 4 rings (SSSR count). The Labute approximate surface area is 200 Å². The molecule has 0 aliphatic rings. The Balaban J connectivity index is 1.38. The van der Waals surface area contributed by atoms with Crippen molar-refractivity contribution in [1.82, 2.24) is 14.6 Å². The van der Waals surface area contributed by atoms with Gasteiger partial charge in [-0.2, -0.15) is 9.61 Å². The van der Waals surface area contributed by atoms with Gasteiger partial charge in [0.05, 0.1) is 17.2 Å². The molecule has 1 amide bonds. The Morgan fingerprint density at radius 3 is 2.50 bits per heavy atom. The van der Waals surface area contributed by atoms with E-state index < -0.39 is 5.97 Å². The zero-order chi connectivity index (χ0) is 24.1. The van der Waals surface area contributed by atoms with Gasteiger partial charge in [-0.3, -0.25) is 9.59 Å². The van der Waals surface area contributed by atoms with Crippen LogP contribution in [0.3, 0.4) is 0 Å². The number of hydrogen-bond donors (Lipinski definition) is 1. The summed E-state index contributed by atoms with van der Waals surface area (Å²) in [5, 5.41) is 7.91. The molecule has 0 saturated heterocycles. The van der Waals surface area contributed by atoms with Gasteiger partial charge in [-0.15, -0.1) is 0 Å². The van der Waals surface area contributed by atoms with E-state index in [2.05, 4.69) is 15.4 Å². The number of rotatable bonds is 8. The Morgan fingerprint density at radius 2 is 1.82 bits per heavy atom. The number of benzene rings is 2. The highest BCUT2D eigenvalue weighted by atomic mass is 32.1. The lowest BCUT2D eigenvalue weighted by atomic mass is 9.95. The fourth-order valence-electron chi connectivity index (χ4n) is 3.51. The Bertz CT molecular complexity index is 1360. The van der Waals surface area contributed by atoms with Crippen molar-refractivity contribution in [2.45, 2.75) is 39.2 Å². The summed E-state index contributed by atoms with van der Waals surface area (Å²) < 4.78 is 6.59. The van der Waals surface area contributed by atoms with Crippen molar-refractivity contribution in [3.8, 4) is 0 Å². The highest BCUT2D eigenvalue weighted by molar-refractivity contribution is 7.16. The van der Waals surface area contributed by atoms with Crippen LogP contribution in [-0.2, 0) is 22.6 Å². The fraction of sp³-hybridized carbons (Fsp3) is 0.240. The second-order valence-corrected chi connectivity index (χ2v) is 8.68. The van der Waals surface area contributed by atoms with E-state index in [1.807, 2.05) is 44.2 Å². The topological polar surface area (TPSA) is 103 Å². The first-order chi connectivity index (χ1) is 16.5. The molecule has 174 valence electrons. The summed E-state index contributed by atoms with van der Waals surface area (Å²) in [7, 11) is 0.